The van der Waals surface area contributed by atoms with Gasteiger partial charge in [-0.25, -0.2) is 13.1 Å². The van der Waals surface area contributed by atoms with Crippen LogP contribution in [0.3, 0.4) is 0 Å². The quantitative estimate of drug-likeness (QED) is 0.310. The number of rotatable bonds is 3. The molecular formula is C43H62ClN3O5S. The predicted octanol–water partition coefficient (Wildman–Crippen LogP) is 8.34. The summed E-state index contributed by atoms with van der Waals surface area (Å²) in [5.74, 6) is 2.50. The monoisotopic (exact) mass is 767 g/mol. The molecule has 7 rings (SSSR count). The van der Waals surface area contributed by atoms with Crippen LogP contribution in [0.15, 0.2) is 53.6 Å². The number of halogens is 1. The molecule has 0 aromatic heterocycles. The second-order valence-corrected chi connectivity index (χ2v) is 20.1. The Hall–Kier alpha value is -2.33. The molecule has 8 nitrogen and oxygen atoms in total. The normalized spacial score (nSPS) is 38.7. The lowest BCUT2D eigenvalue weighted by molar-refractivity contribution is -0.0986. The van der Waals surface area contributed by atoms with Gasteiger partial charge in [0.15, 0.2) is 0 Å². The highest BCUT2D eigenvalue weighted by atomic mass is 35.5. The van der Waals surface area contributed by atoms with Crippen LogP contribution in [0.4, 0.5) is 5.69 Å². The van der Waals surface area contributed by atoms with Crippen molar-refractivity contribution in [1.29, 1.82) is 0 Å². The van der Waals surface area contributed by atoms with E-state index < -0.39 is 26.8 Å². The van der Waals surface area contributed by atoms with Crippen molar-refractivity contribution in [3.05, 3.63) is 59.2 Å². The van der Waals surface area contributed by atoms with Crippen molar-refractivity contribution in [3.63, 3.8) is 0 Å². The van der Waals surface area contributed by atoms with Crippen LogP contribution < -0.4 is 14.4 Å². The summed E-state index contributed by atoms with van der Waals surface area (Å²) in [7, 11) is -2.06. The summed E-state index contributed by atoms with van der Waals surface area (Å²) in [5, 5.41) is 0.0140. The maximum atomic E-state index is 13.7. The Bertz CT molecular complexity index is 1700. The molecule has 2 saturated carbocycles. The zero-order valence-electron chi connectivity index (χ0n) is 32.4. The summed E-state index contributed by atoms with van der Waals surface area (Å²) >= 11 is 6.51. The van der Waals surface area contributed by atoms with Crippen molar-refractivity contribution in [2.45, 2.75) is 102 Å². The minimum atomic E-state index is -3.94. The number of methoxy groups -OCH3 is 1. The van der Waals surface area contributed by atoms with Gasteiger partial charge in [0.05, 0.1) is 17.5 Å². The molecule has 3 aliphatic carbocycles. The molecule has 6 aliphatic rings. The molecule has 3 heterocycles. The third-order valence-electron chi connectivity index (χ3n) is 14.3. The number of carbonyl (C=O) groups excluding carboxylic acids is 1. The van der Waals surface area contributed by atoms with E-state index >= 15 is 0 Å². The molecule has 0 radical (unpaired) electrons. The Morgan fingerprint density at radius 2 is 1.75 bits per heavy atom. The van der Waals surface area contributed by atoms with Crippen LogP contribution in [0.5, 0.6) is 5.75 Å². The number of anilines is 1. The number of nitrogens with one attached hydrogen (secondary N) is 1. The standard InChI is InChI=1S/C43H62ClN3O5S/c1-30-10-9-20-43(51-4,28-46-23-19-32-11-5-6-12-34(32)26-46)38-16-14-35(38)27-47-22-8-7-13-36-25-37(44)18-21-42(36,3)29-52-40-17-15-33(24-39(40)47)41(48)45-53(49,50)31(30)2/h9,15,17-18,20-21,24-25,30-32,34-36,38H,5-8,10-14,16,19,22-23,26-29H2,1-4H3,(H,45,48)/b20-9+/t30-,31+,32+,34+,35-,36?,38+,42?,43-/m0/s1. The third-order valence-corrected chi connectivity index (χ3v) is 16.4. The zero-order valence-corrected chi connectivity index (χ0v) is 34.0. The number of piperidine rings is 1. The Labute approximate surface area is 323 Å². The number of benzene rings is 1. The second kappa shape index (κ2) is 16.0. The van der Waals surface area contributed by atoms with Gasteiger partial charge in [-0.05, 0) is 118 Å². The molecule has 10 heteroatoms. The minimum Gasteiger partial charge on any atom is -0.490 e. The van der Waals surface area contributed by atoms with Gasteiger partial charge in [-0.1, -0.05) is 75.4 Å². The van der Waals surface area contributed by atoms with Crippen LogP contribution in [-0.2, 0) is 14.8 Å². The fourth-order valence-electron chi connectivity index (χ4n) is 10.4. The van der Waals surface area contributed by atoms with Crippen LogP contribution >= 0.6 is 11.6 Å². The van der Waals surface area contributed by atoms with E-state index in [4.69, 9.17) is 21.1 Å². The molecule has 0 spiro atoms. The molecule has 1 amide bonds. The molecule has 3 aliphatic heterocycles. The minimum absolute atomic E-state index is 0.200. The molecule has 1 N–H and O–H groups in total. The number of allylic oxidation sites excluding steroid dienone is 4. The average Bonchev–Trinajstić information content (AvgIpc) is 3.15. The fraction of sp³-hybridized carbons (Fsp3) is 0.698. The van der Waals surface area contributed by atoms with Crippen molar-refractivity contribution in [3.8, 4) is 5.75 Å². The van der Waals surface area contributed by atoms with Gasteiger partial charge in [0.1, 0.15) is 11.4 Å². The zero-order chi connectivity index (χ0) is 37.4. The Morgan fingerprint density at radius 3 is 2.53 bits per heavy atom. The SMILES string of the molecule is CO[C@]1(CN2CC[C@H]3CCCC[C@@H]3C2)/C=C/C[C@H](C)[C@@H](C)S(=O)(=O)NC(=O)c2ccc3c(c2)N(CCCCC2C=C(Cl)C=CC2(C)CO3)C[C@@H]2CC[C@H]21. The number of amides is 1. The maximum absolute atomic E-state index is 13.7. The molecule has 1 aromatic carbocycles. The van der Waals surface area contributed by atoms with Crippen molar-refractivity contribution in [2.24, 2.45) is 40.9 Å². The van der Waals surface area contributed by atoms with E-state index in [2.05, 4.69) is 45.7 Å². The molecule has 292 valence electrons. The lowest BCUT2D eigenvalue weighted by Crippen LogP contribution is -2.57. The number of carbonyl (C=O) groups is 1. The highest BCUT2D eigenvalue weighted by Gasteiger charge is 2.49. The number of hydrogen-bond donors (Lipinski definition) is 1. The summed E-state index contributed by atoms with van der Waals surface area (Å²) in [6, 6.07) is 5.42. The van der Waals surface area contributed by atoms with Gasteiger partial charge in [0, 0.05) is 49.3 Å². The van der Waals surface area contributed by atoms with Crippen LogP contribution in [-0.4, -0.2) is 76.5 Å². The largest absolute Gasteiger partial charge is 0.490 e. The first-order valence-corrected chi connectivity index (χ1v) is 22.4. The second-order valence-electron chi connectivity index (χ2n) is 17.6. The molecule has 53 heavy (non-hydrogen) atoms. The van der Waals surface area contributed by atoms with Gasteiger partial charge in [0.2, 0.25) is 10.0 Å². The third kappa shape index (κ3) is 8.29. The van der Waals surface area contributed by atoms with E-state index in [1.165, 1.54) is 32.1 Å². The molecule has 1 saturated heterocycles. The van der Waals surface area contributed by atoms with Gasteiger partial charge in [-0.2, -0.15) is 0 Å². The lowest BCUT2D eigenvalue weighted by atomic mass is 9.63. The first-order chi connectivity index (χ1) is 25.4. The van der Waals surface area contributed by atoms with E-state index in [9.17, 15) is 13.2 Å². The number of sulfonamides is 1. The molecule has 9 atom stereocenters. The van der Waals surface area contributed by atoms with E-state index in [1.54, 1.807) is 13.0 Å². The number of fused-ring (bicyclic) bond motifs is 4. The lowest BCUT2D eigenvalue weighted by Gasteiger charge is -2.52. The number of nitrogens with zero attached hydrogens (tertiary/aromatic N) is 2. The summed E-state index contributed by atoms with van der Waals surface area (Å²) < 4.78 is 43.2. The maximum Gasteiger partial charge on any atom is 0.264 e. The van der Waals surface area contributed by atoms with Crippen LogP contribution in [0, 0.1) is 40.9 Å². The van der Waals surface area contributed by atoms with Gasteiger partial charge in [-0.15, -0.1) is 0 Å². The van der Waals surface area contributed by atoms with Crippen molar-refractivity contribution >= 4 is 33.2 Å². The van der Waals surface area contributed by atoms with Gasteiger partial charge in [-0.3, -0.25) is 9.69 Å². The number of ether oxygens (including phenoxy) is 2. The Morgan fingerprint density at radius 1 is 0.962 bits per heavy atom. The first-order valence-electron chi connectivity index (χ1n) is 20.5. The van der Waals surface area contributed by atoms with E-state index in [1.807, 2.05) is 32.2 Å². The highest BCUT2D eigenvalue weighted by Crippen LogP contribution is 2.48. The summed E-state index contributed by atoms with van der Waals surface area (Å²) in [6.07, 6.45) is 23.3. The molecule has 3 fully saturated rings. The van der Waals surface area contributed by atoms with Gasteiger partial charge < -0.3 is 14.4 Å². The summed E-state index contributed by atoms with van der Waals surface area (Å²) in [5.41, 5.74) is 0.463. The molecule has 2 unspecified atom stereocenters. The van der Waals surface area contributed by atoms with Crippen LogP contribution in [0.1, 0.15) is 102 Å². The fourth-order valence-corrected chi connectivity index (χ4v) is 11.9. The summed E-state index contributed by atoms with van der Waals surface area (Å²) in [4.78, 5) is 18.8. The van der Waals surface area contributed by atoms with Gasteiger partial charge in [0.25, 0.3) is 5.91 Å². The molecule has 1 aromatic rings. The van der Waals surface area contributed by atoms with E-state index in [0.29, 0.717) is 36.2 Å². The van der Waals surface area contributed by atoms with Crippen molar-refractivity contribution in [1.82, 2.24) is 9.62 Å². The van der Waals surface area contributed by atoms with E-state index in [-0.39, 0.29) is 17.3 Å². The average molecular weight is 769 g/mol. The highest BCUT2D eigenvalue weighted by molar-refractivity contribution is 7.90. The number of hydrogen-bond acceptors (Lipinski definition) is 7. The van der Waals surface area contributed by atoms with Gasteiger partial charge >= 0.3 is 0 Å². The first kappa shape index (κ1) is 38.9. The van der Waals surface area contributed by atoms with Crippen molar-refractivity contribution < 1.29 is 22.7 Å². The predicted molar refractivity (Wildman–Crippen MR) is 214 cm³/mol. The van der Waals surface area contributed by atoms with Crippen molar-refractivity contribution in [2.75, 3.05) is 51.3 Å². The number of likely N-dealkylation sites (tertiary alicyclic amines) is 1. The van der Waals surface area contributed by atoms with Crippen LogP contribution in [0.2, 0.25) is 0 Å². The van der Waals surface area contributed by atoms with E-state index in [0.717, 1.165) is 87.4 Å². The molecular weight excluding hydrogens is 706 g/mol. The Balaban J connectivity index is 1.25. The smallest absolute Gasteiger partial charge is 0.264 e. The molecule has 2 bridgehead atoms. The Kier molecular flexibility index (Phi) is 11.8. The van der Waals surface area contributed by atoms with Crippen LogP contribution in [0.25, 0.3) is 0 Å². The topological polar surface area (TPSA) is 88.2 Å². The summed E-state index contributed by atoms with van der Waals surface area (Å²) in [6.45, 7) is 11.1.